The molecule has 3 aromatic heterocycles. The highest BCUT2D eigenvalue weighted by Crippen LogP contribution is 2.65. The zero-order chi connectivity index (χ0) is 29.6. The lowest BCUT2D eigenvalue weighted by atomic mass is 10.1. The number of phosphoric ester groups is 2. The predicted molar refractivity (Wildman–Crippen MR) is 132 cm³/mol. The molecule has 0 amide bonds. The number of ether oxygens (including phenoxy) is 1. The van der Waals surface area contributed by atoms with Crippen molar-refractivity contribution in [1.82, 2.24) is 34.5 Å². The van der Waals surface area contributed by atoms with E-state index in [2.05, 4.69) is 35.2 Å². The van der Waals surface area contributed by atoms with Gasteiger partial charge in [-0.05, 0) is 6.42 Å². The normalized spacial score (nSPS) is 43.2. The van der Waals surface area contributed by atoms with Gasteiger partial charge in [0.15, 0.2) is 23.0 Å². The number of aromatic nitrogens is 7. The van der Waals surface area contributed by atoms with Crippen LogP contribution in [0.5, 0.6) is 0 Å². The fraction of sp³-hybridized carbons (Fsp3) is 0.579. The van der Waals surface area contributed by atoms with Crippen molar-refractivity contribution < 1.29 is 51.2 Å². The van der Waals surface area contributed by atoms with E-state index in [1.807, 2.05) is 0 Å². The van der Waals surface area contributed by atoms with Gasteiger partial charge in [0.25, 0.3) is 5.56 Å². The third kappa shape index (κ3) is 4.53. The van der Waals surface area contributed by atoms with Crippen molar-refractivity contribution in [2.24, 2.45) is 5.92 Å². The summed E-state index contributed by atoms with van der Waals surface area (Å²) >= 11 is 0. The van der Waals surface area contributed by atoms with Gasteiger partial charge in [-0.3, -0.25) is 32.4 Å². The number of hydrogen-bond donors (Lipinski definition) is 6. The number of aliphatic hydroxyl groups is 1. The average Bonchev–Trinajstić information content (AvgIpc) is 3.24. The largest absolute Gasteiger partial charge is 0.473 e. The Morgan fingerprint density at radius 3 is 2.62 bits per heavy atom. The lowest BCUT2D eigenvalue weighted by Crippen LogP contribution is -2.40. The van der Waals surface area contributed by atoms with E-state index in [1.54, 1.807) is 0 Å². The van der Waals surface area contributed by atoms with E-state index in [4.69, 9.17) is 28.6 Å². The molecule has 11 atom stereocenters. The molecular formula is C19H22FN9O11P2. The summed E-state index contributed by atoms with van der Waals surface area (Å²) in [4.78, 5) is 55.0. The molecule has 20 nitrogen and oxygen atoms in total. The number of anilines is 2. The molecule has 42 heavy (non-hydrogen) atoms. The number of imidazole rings is 1. The number of aromatic amines is 1. The number of nitrogens with zero attached hydrogens (tertiary/aromatic N) is 6. The molecule has 2 aliphatic carbocycles. The van der Waals surface area contributed by atoms with E-state index in [0.29, 0.717) is 0 Å². The summed E-state index contributed by atoms with van der Waals surface area (Å²) in [7, 11) is -10.1. The summed E-state index contributed by atoms with van der Waals surface area (Å²) in [5.74, 6) is -1.30. The fourth-order valence-electron chi connectivity index (χ4n) is 5.59. The smallest absolute Gasteiger partial charge is 0.381 e. The fourth-order valence-corrected chi connectivity index (χ4v) is 7.81. The Balaban J connectivity index is 1.20. The molecule has 5 heterocycles. The van der Waals surface area contributed by atoms with E-state index in [-0.39, 0.29) is 29.5 Å². The molecule has 0 aromatic carbocycles. The van der Waals surface area contributed by atoms with Gasteiger partial charge in [-0.1, -0.05) is 0 Å². The molecule has 7 N–H and O–H groups in total. The van der Waals surface area contributed by atoms with E-state index in [1.165, 1.54) is 12.7 Å². The summed E-state index contributed by atoms with van der Waals surface area (Å²) in [6.07, 6.45) is -6.49. The molecule has 23 heteroatoms. The highest BCUT2D eigenvalue weighted by Gasteiger charge is 2.81. The summed E-state index contributed by atoms with van der Waals surface area (Å²) < 4.78 is 69.5. The SMILES string of the molecule is Nc1nc2c(ncn2[C@@H]2O[C@@H]3C4OP(=O)(O)O[C@@H]5[C@@H](COP(=O)(O)O[C@@H]2[C@@]43O)C[C@@H](Nc2ncncn2)[C@@H]5F)c(=O)[nH]1. The van der Waals surface area contributed by atoms with Crippen molar-refractivity contribution >= 4 is 38.7 Å². The number of halogens is 1. The summed E-state index contributed by atoms with van der Waals surface area (Å²) in [6.45, 7) is -0.667. The Morgan fingerprint density at radius 1 is 1.12 bits per heavy atom. The van der Waals surface area contributed by atoms with Crippen LogP contribution in [0, 0.1) is 5.92 Å². The lowest BCUT2D eigenvalue weighted by Gasteiger charge is -2.31. The number of nitrogen functional groups attached to an aromatic ring is 1. The molecule has 2 saturated carbocycles. The van der Waals surface area contributed by atoms with Crippen molar-refractivity contribution in [3.8, 4) is 0 Å². The summed E-state index contributed by atoms with van der Waals surface area (Å²) in [5.41, 5.74) is 2.40. The zero-order valence-corrected chi connectivity index (χ0v) is 22.7. The molecule has 2 aliphatic heterocycles. The van der Waals surface area contributed by atoms with Crippen LogP contribution in [-0.4, -0.2) is 98.2 Å². The Morgan fingerprint density at radius 2 is 1.86 bits per heavy atom. The van der Waals surface area contributed by atoms with Crippen LogP contribution >= 0.6 is 15.6 Å². The minimum atomic E-state index is -5.09. The molecule has 3 unspecified atom stereocenters. The average molecular weight is 633 g/mol. The van der Waals surface area contributed by atoms with Crippen LogP contribution in [0.3, 0.4) is 0 Å². The first kappa shape index (κ1) is 27.8. The van der Waals surface area contributed by atoms with Gasteiger partial charge in [0.1, 0.15) is 43.2 Å². The van der Waals surface area contributed by atoms with Crippen molar-refractivity contribution in [1.29, 1.82) is 0 Å². The van der Waals surface area contributed by atoms with Crippen molar-refractivity contribution in [2.45, 2.75) is 54.9 Å². The van der Waals surface area contributed by atoms with Gasteiger partial charge >= 0.3 is 15.6 Å². The van der Waals surface area contributed by atoms with Crippen molar-refractivity contribution in [2.75, 3.05) is 17.7 Å². The minimum Gasteiger partial charge on any atom is -0.381 e. The van der Waals surface area contributed by atoms with Crippen LogP contribution < -0.4 is 16.6 Å². The van der Waals surface area contributed by atoms with Gasteiger partial charge in [0.2, 0.25) is 11.9 Å². The number of nitrogens with one attached hydrogen (secondary N) is 2. The number of rotatable bonds is 3. The highest BCUT2D eigenvalue weighted by molar-refractivity contribution is 7.47. The van der Waals surface area contributed by atoms with E-state index in [0.717, 1.165) is 10.9 Å². The topological polar surface area (TPSA) is 281 Å². The predicted octanol–water partition coefficient (Wildman–Crippen LogP) is -1.25. The van der Waals surface area contributed by atoms with Crippen LogP contribution in [0.4, 0.5) is 16.3 Å². The van der Waals surface area contributed by atoms with Crippen LogP contribution in [0.25, 0.3) is 11.2 Å². The summed E-state index contributed by atoms with van der Waals surface area (Å²) in [5, 5.41) is 14.1. The minimum absolute atomic E-state index is 0.0172. The second-order valence-corrected chi connectivity index (χ2v) is 12.9. The Labute approximate surface area is 232 Å². The van der Waals surface area contributed by atoms with Gasteiger partial charge in [-0.2, -0.15) is 4.98 Å². The van der Waals surface area contributed by atoms with Crippen LogP contribution in [0.2, 0.25) is 0 Å². The Bertz CT molecular complexity index is 1700. The van der Waals surface area contributed by atoms with Crippen molar-refractivity contribution in [3.63, 3.8) is 0 Å². The van der Waals surface area contributed by atoms with Gasteiger partial charge in [0, 0.05) is 5.92 Å². The number of alkyl halides is 1. The standard InChI is InChI=1S/C19H22FN9O11P2/c20-8-7(26-18-23-3-22-4-24-18)1-6-2-36-41(32,33)40-13-16(29-5-25-9-14(29)27-17(21)28-15(9)30)37-11-12(19(11,13)31)39-42(34,35)38-10(6)8/h3-8,10-13,16,31H,1-2H2,(H,32,33)(H,34,35)(H3,21,27,28,30)(H,22,23,24,26)/t6-,7-,8+,10-,11-,12?,13+,16-,19+/m1/s1. The highest BCUT2D eigenvalue weighted by atomic mass is 31.2. The molecule has 0 spiro atoms. The number of fused-ring (bicyclic) bond motifs is 3. The first-order valence-corrected chi connectivity index (χ1v) is 15.3. The van der Waals surface area contributed by atoms with Gasteiger partial charge in [0.05, 0.1) is 19.0 Å². The monoisotopic (exact) mass is 633 g/mol. The molecular weight excluding hydrogens is 611 g/mol. The number of hydrogen-bond acceptors (Lipinski definition) is 16. The first-order valence-electron chi connectivity index (χ1n) is 12.3. The second-order valence-electron chi connectivity index (χ2n) is 10.1. The van der Waals surface area contributed by atoms with Crippen LogP contribution in [0.15, 0.2) is 23.8 Å². The van der Waals surface area contributed by atoms with E-state index >= 15 is 4.39 Å². The number of H-pyrrole nitrogens is 1. The van der Waals surface area contributed by atoms with Gasteiger partial charge in [-0.25, -0.2) is 33.5 Å². The molecule has 0 bridgehead atoms. The summed E-state index contributed by atoms with van der Waals surface area (Å²) in [6, 6.07) is -1.06. The quantitative estimate of drug-likeness (QED) is 0.184. The van der Waals surface area contributed by atoms with Crippen LogP contribution in [0.1, 0.15) is 12.6 Å². The molecule has 2 saturated heterocycles. The first-order chi connectivity index (χ1) is 19.9. The zero-order valence-electron chi connectivity index (χ0n) is 20.9. The molecule has 3 aromatic rings. The molecule has 0 radical (unpaired) electrons. The van der Waals surface area contributed by atoms with E-state index < -0.39 is 82.2 Å². The maximum Gasteiger partial charge on any atom is 0.473 e. The second kappa shape index (κ2) is 9.52. The third-order valence-electron chi connectivity index (χ3n) is 7.53. The maximum atomic E-state index is 15.5. The maximum absolute atomic E-state index is 15.5. The van der Waals surface area contributed by atoms with Crippen LogP contribution in [-0.2, 0) is 32.0 Å². The van der Waals surface area contributed by atoms with E-state index in [9.17, 15) is 28.8 Å². The molecule has 226 valence electrons. The number of phosphoric acid groups is 2. The third-order valence-corrected chi connectivity index (χ3v) is 9.50. The number of nitrogens with two attached hydrogens (primary N) is 1. The molecule has 4 fully saturated rings. The Kier molecular flexibility index (Phi) is 6.31. The van der Waals surface area contributed by atoms with Gasteiger partial charge < -0.3 is 30.7 Å². The van der Waals surface area contributed by atoms with Crippen molar-refractivity contribution in [3.05, 3.63) is 29.3 Å². The lowest BCUT2D eigenvalue weighted by molar-refractivity contribution is -0.0982. The Hall–Kier alpha value is -2.97. The molecule has 7 rings (SSSR count). The van der Waals surface area contributed by atoms with Gasteiger partial charge in [-0.15, -0.1) is 0 Å². The molecule has 4 aliphatic rings.